The maximum atomic E-state index is 9.32. The second kappa shape index (κ2) is 4.39. The third kappa shape index (κ3) is 1.77. The summed E-state index contributed by atoms with van der Waals surface area (Å²) in [6, 6.07) is -0.808. The first kappa shape index (κ1) is 12.0. The summed E-state index contributed by atoms with van der Waals surface area (Å²) in [6.07, 6.45) is 1.41. The molecular formula is C8H14N8O2. The van der Waals surface area contributed by atoms with E-state index < -0.39 is 17.9 Å². The van der Waals surface area contributed by atoms with E-state index in [1.807, 2.05) is 6.92 Å². The summed E-state index contributed by atoms with van der Waals surface area (Å²) in [6.45, 7) is 1.96. The van der Waals surface area contributed by atoms with Crippen LogP contribution < -0.4 is 11.7 Å². The van der Waals surface area contributed by atoms with E-state index in [2.05, 4.69) is 20.4 Å². The Morgan fingerprint density at radius 1 is 1.00 bits per heavy atom. The Labute approximate surface area is 102 Å². The van der Waals surface area contributed by atoms with Crippen molar-refractivity contribution in [2.75, 3.05) is 11.7 Å². The fraction of sp³-hybridized carbons (Fsp3) is 0.500. The lowest BCUT2D eigenvalue weighted by Gasteiger charge is -2.13. The molecule has 0 aliphatic carbocycles. The van der Waals surface area contributed by atoms with Crippen molar-refractivity contribution < 1.29 is 10.2 Å². The Bertz CT molecular complexity index is 501. The van der Waals surface area contributed by atoms with Crippen molar-refractivity contribution >= 4 is 0 Å². The number of hydrogen-bond acceptors (Lipinski definition) is 8. The van der Waals surface area contributed by atoms with Crippen molar-refractivity contribution in [3.8, 4) is 12.0 Å². The maximum absolute atomic E-state index is 9.32. The van der Waals surface area contributed by atoms with Crippen LogP contribution in [0.25, 0.3) is 0 Å². The van der Waals surface area contributed by atoms with Crippen LogP contribution in [0.1, 0.15) is 37.3 Å². The number of aromatic nitrogens is 6. The number of hydrogen-bond donors (Lipinski definition) is 4. The molecule has 2 aromatic heterocycles. The van der Waals surface area contributed by atoms with Gasteiger partial charge < -0.3 is 21.9 Å². The number of nitrogens with two attached hydrogens (primary N) is 2. The summed E-state index contributed by atoms with van der Waals surface area (Å²) in [5.41, 5.74) is 0. The van der Waals surface area contributed by atoms with Gasteiger partial charge >= 0.3 is 12.0 Å². The molecule has 6 N–H and O–H groups in total. The highest BCUT2D eigenvalue weighted by atomic mass is 16.3. The summed E-state index contributed by atoms with van der Waals surface area (Å²) in [7, 11) is 0. The Morgan fingerprint density at radius 3 is 1.72 bits per heavy atom. The topological polar surface area (TPSA) is 154 Å². The molecule has 0 saturated heterocycles. The first-order valence-electron chi connectivity index (χ1n) is 5.35. The van der Waals surface area contributed by atoms with Crippen molar-refractivity contribution in [3.63, 3.8) is 0 Å². The zero-order chi connectivity index (χ0) is 13.3. The first-order valence-corrected chi connectivity index (χ1v) is 5.35. The summed E-state index contributed by atoms with van der Waals surface area (Å²) in [4.78, 5) is 0. The summed E-state index contributed by atoms with van der Waals surface area (Å²) in [5, 5.41) is 33.1. The fourth-order valence-electron chi connectivity index (χ4n) is 1.73. The van der Waals surface area contributed by atoms with E-state index in [-0.39, 0.29) is 0 Å². The standard InChI is InChI=1S/C8H14N8O2/c1-2-3-4(5-11-13-7(17)15(5)9)6-12-14-8(18)16(6)10/h4H,2-3,9-10H2,1H3,(H,13,17)(H,14,18). The largest absolute Gasteiger partial charge is 0.478 e. The van der Waals surface area contributed by atoms with Crippen molar-refractivity contribution in [3.05, 3.63) is 11.6 Å². The third-order valence-corrected chi connectivity index (χ3v) is 2.61. The second-order valence-electron chi connectivity index (χ2n) is 3.80. The molecule has 0 aliphatic rings. The van der Waals surface area contributed by atoms with Crippen LogP contribution in [0.5, 0.6) is 12.0 Å². The van der Waals surface area contributed by atoms with Gasteiger partial charge in [0, 0.05) is 0 Å². The van der Waals surface area contributed by atoms with Gasteiger partial charge in [0.2, 0.25) is 0 Å². The lowest BCUT2D eigenvalue weighted by atomic mass is 10.0. The average molecular weight is 254 g/mol. The SMILES string of the molecule is CCCC(c1nnc(O)n1N)c1nnc(O)n1N. The normalized spacial score (nSPS) is 11.2. The van der Waals surface area contributed by atoms with Crippen molar-refractivity contribution in [2.45, 2.75) is 25.7 Å². The molecule has 0 fully saturated rings. The van der Waals surface area contributed by atoms with Crippen LogP contribution in [0, 0.1) is 0 Å². The smallest absolute Gasteiger partial charge is 0.333 e. The molecule has 18 heavy (non-hydrogen) atoms. The monoisotopic (exact) mass is 254 g/mol. The van der Waals surface area contributed by atoms with Gasteiger partial charge in [0.05, 0.1) is 5.92 Å². The van der Waals surface area contributed by atoms with Gasteiger partial charge in [-0.25, -0.2) is 0 Å². The Balaban J connectivity index is 2.46. The molecule has 0 radical (unpaired) electrons. The van der Waals surface area contributed by atoms with Crippen molar-refractivity contribution in [2.24, 2.45) is 0 Å². The van der Waals surface area contributed by atoms with E-state index in [4.69, 9.17) is 11.7 Å². The molecule has 98 valence electrons. The molecule has 2 aromatic rings. The van der Waals surface area contributed by atoms with Crippen LogP contribution in [-0.2, 0) is 0 Å². The molecule has 0 spiro atoms. The van der Waals surface area contributed by atoms with Crippen LogP contribution in [0.2, 0.25) is 0 Å². The predicted octanol–water partition coefficient (Wildman–Crippen LogP) is -1.36. The molecule has 0 aliphatic heterocycles. The highest BCUT2D eigenvalue weighted by Crippen LogP contribution is 2.27. The van der Waals surface area contributed by atoms with Crippen LogP contribution >= 0.6 is 0 Å². The second-order valence-corrected chi connectivity index (χ2v) is 3.80. The van der Waals surface area contributed by atoms with Crippen molar-refractivity contribution in [1.29, 1.82) is 0 Å². The lowest BCUT2D eigenvalue weighted by Crippen LogP contribution is -2.22. The quantitative estimate of drug-likeness (QED) is 0.488. The van der Waals surface area contributed by atoms with Gasteiger partial charge in [-0.05, 0) is 6.42 Å². The Hall–Kier alpha value is -2.52. The lowest BCUT2D eigenvalue weighted by molar-refractivity contribution is 0.409. The highest BCUT2D eigenvalue weighted by molar-refractivity contribution is 5.16. The maximum Gasteiger partial charge on any atom is 0.333 e. The molecule has 2 rings (SSSR count). The molecule has 10 heteroatoms. The molecule has 0 amide bonds. The summed E-state index contributed by atoms with van der Waals surface area (Å²) >= 11 is 0. The fourth-order valence-corrected chi connectivity index (χ4v) is 1.73. The van der Waals surface area contributed by atoms with Crippen LogP contribution in [0.3, 0.4) is 0 Å². The third-order valence-electron chi connectivity index (χ3n) is 2.61. The van der Waals surface area contributed by atoms with E-state index >= 15 is 0 Å². The van der Waals surface area contributed by atoms with Gasteiger partial charge in [-0.15, -0.1) is 10.2 Å². The molecule has 0 unspecified atom stereocenters. The van der Waals surface area contributed by atoms with Gasteiger partial charge in [-0.3, -0.25) is 0 Å². The predicted molar refractivity (Wildman–Crippen MR) is 60.4 cm³/mol. The Kier molecular flexibility index (Phi) is 2.92. The van der Waals surface area contributed by atoms with Crippen molar-refractivity contribution in [1.82, 2.24) is 29.7 Å². The first-order chi connectivity index (χ1) is 8.56. The molecule has 10 nitrogen and oxygen atoms in total. The molecule has 0 saturated carbocycles. The molecule has 0 bridgehead atoms. The summed E-state index contributed by atoms with van der Waals surface area (Å²) in [5.74, 6) is 11.4. The van der Waals surface area contributed by atoms with Gasteiger partial charge in [-0.2, -0.15) is 9.35 Å². The van der Waals surface area contributed by atoms with Gasteiger partial charge in [0.1, 0.15) is 0 Å². The number of nitrogens with zero attached hydrogens (tertiary/aromatic N) is 6. The number of aromatic hydroxyl groups is 2. The number of nitrogen functional groups attached to an aromatic ring is 2. The van der Waals surface area contributed by atoms with Gasteiger partial charge in [0.25, 0.3) is 0 Å². The highest BCUT2D eigenvalue weighted by Gasteiger charge is 2.27. The molecule has 2 heterocycles. The molecular weight excluding hydrogens is 240 g/mol. The van der Waals surface area contributed by atoms with E-state index in [0.29, 0.717) is 18.1 Å². The van der Waals surface area contributed by atoms with Crippen LogP contribution in [0.15, 0.2) is 0 Å². The van der Waals surface area contributed by atoms with Gasteiger partial charge in [-0.1, -0.05) is 23.5 Å². The van der Waals surface area contributed by atoms with Crippen LogP contribution in [0.4, 0.5) is 0 Å². The zero-order valence-corrected chi connectivity index (χ0v) is 9.72. The average Bonchev–Trinajstić information content (AvgIpc) is 2.84. The van der Waals surface area contributed by atoms with Crippen LogP contribution in [-0.4, -0.2) is 40.0 Å². The van der Waals surface area contributed by atoms with E-state index in [1.54, 1.807) is 0 Å². The molecule has 0 atom stereocenters. The Morgan fingerprint density at radius 2 is 1.44 bits per heavy atom. The van der Waals surface area contributed by atoms with Gasteiger partial charge in [0.15, 0.2) is 11.6 Å². The number of rotatable bonds is 4. The minimum absolute atomic E-state index is 0.299. The van der Waals surface area contributed by atoms with E-state index in [1.165, 1.54) is 0 Å². The summed E-state index contributed by atoms with van der Waals surface area (Å²) < 4.78 is 1.90. The minimum Gasteiger partial charge on any atom is -0.478 e. The van der Waals surface area contributed by atoms with E-state index in [9.17, 15) is 10.2 Å². The zero-order valence-electron chi connectivity index (χ0n) is 9.72. The minimum atomic E-state index is -0.410. The molecule has 0 aromatic carbocycles. The van der Waals surface area contributed by atoms with E-state index in [0.717, 1.165) is 15.8 Å².